The van der Waals surface area contributed by atoms with Crippen LogP contribution in [0.4, 0.5) is 0 Å². The third-order valence-corrected chi connectivity index (χ3v) is 10.3. The molecule has 1 saturated heterocycles. The van der Waals surface area contributed by atoms with Gasteiger partial charge in [0.05, 0.1) is 6.10 Å². The van der Waals surface area contributed by atoms with Crippen molar-refractivity contribution in [3.63, 3.8) is 0 Å². The maximum atomic E-state index is 6.81. The minimum absolute atomic E-state index is 0.0211. The van der Waals surface area contributed by atoms with Crippen LogP contribution in [-0.4, -0.2) is 18.0 Å². The molecule has 1 aliphatic heterocycles. The largest absolute Gasteiger partial charge is 0.346 e. The Morgan fingerprint density at radius 3 is 2.67 bits per heavy atom. The molecule has 2 nitrogen and oxygen atoms in total. The van der Waals surface area contributed by atoms with E-state index in [1.54, 1.807) is 0 Å². The Morgan fingerprint density at radius 1 is 1.04 bits per heavy atom. The molecule has 9 atom stereocenters. The van der Waals surface area contributed by atoms with Gasteiger partial charge in [-0.1, -0.05) is 46.3 Å². The van der Waals surface area contributed by atoms with E-state index in [1.807, 2.05) is 0 Å². The Morgan fingerprint density at radius 2 is 1.89 bits per heavy atom. The van der Waals surface area contributed by atoms with Crippen molar-refractivity contribution in [3.05, 3.63) is 12.2 Å². The van der Waals surface area contributed by atoms with Crippen LogP contribution in [0.2, 0.25) is 0 Å². The summed E-state index contributed by atoms with van der Waals surface area (Å²) >= 11 is 0. The Labute approximate surface area is 166 Å². The quantitative estimate of drug-likeness (QED) is 0.527. The van der Waals surface area contributed by atoms with Crippen LogP contribution in [0.15, 0.2) is 12.2 Å². The molecule has 5 rings (SSSR count). The molecule has 27 heavy (non-hydrogen) atoms. The number of fused-ring (bicyclic) bond motifs is 7. The molecule has 2 unspecified atom stereocenters. The number of ether oxygens (including phenoxy) is 2. The first-order chi connectivity index (χ1) is 13.0. The van der Waals surface area contributed by atoms with Gasteiger partial charge in [0, 0.05) is 5.41 Å². The van der Waals surface area contributed by atoms with Crippen molar-refractivity contribution >= 4 is 0 Å². The maximum Gasteiger partial charge on any atom is 0.159 e. The minimum atomic E-state index is -0.0211. The molecular formula is C25H40O2. The van der Waals surface area contributed by atoms with E-state index in [1.165, 1.54) is 44.9 Å². The van der Waals surface area contributed by atoms with E-state index in [9.17, 15) is 0 Å². The van der Waals surface area contributed by atoms with Crippen LogP contribution in [0, 0.1) is 34.5 Å². The highest BCUT2D eigenvalue weighted by Crippen LogP contribution is 2.70. The lowest BCUT2D eigenvalue weighted by Crippen LogP contribution is -2.57. The molecule has 0 bridgehead atoms. The molecule has 0 spiro atoms. The molecule has 0 aromatic carbocycles. The summed E-state index contributed by atoms with van der Waals surface area (Å²) in [5.41, 5.74) is 0.832. The van der Waals surface area contributed by atoms with Crippen LogP contribution >= 0.6 is 0 Å². The van der Waals surface area contributed by atoms with Crippen molar-refractivity contribution in [2.24, 2.45) is 34.5 Å². The standard InChI is InChI=1S/C25H40O2/c1-5-9-22-26-21-16-20-18-12-11-17-10-7-8-14-23(17,3)19(18)13-15-24(20,4)25(21,6-2)27-22/h7-8,17-22H,5-6,9-16H2,1-4H3/t17?,18-,19+,20+,21-,22?,23+,24+,25-/m1/s1. The SMILES string of the molecule is CCCC1O[C@@H]2C[C@H]3[C@@H]4CCC5CC=CC[C@]5(C)[C@H]4CC[C@]3(C)[C@]2(CC)O1. The Kier molecular flexibility index (Phi) is 4.38. The average molecular weight is 373 g/mol. The van der Waals surface area contributed by atoms with Gasteiger partial charge in [0.1, 0.15) is 5.60 Å². The van der Waals surface area contributed by atoms with Crippen molar-refractivity contribution < 1.29 is 9.47 Å². The van der Waals surface area contributed by atoms with Gasteiger partial charge in [-0.3, -0.25) is 0 Å². The lowest BCUT2D eigenvalue weighted by Gasteiger charge is -2.60. The van der Waals surface area contributed by atoms with Gasteiger partial charge in [-0.2, -0.15) is 0 Å². The minimum Gasteiger partial charge on any atom is -0.346 e. The molecule has 0 radical (unpaired) electrons. The highest BCUT2D eigenvalue weighted by atomic mass is 16.7. The van der Waals surface area contributed by atoms with Crippen LogP contribution in [0.25, 0.3) is 0 Å². The van der Waals surface area contributed by atoms with Gasteiger partial charge in [0.2, 0.25) is 0 Å². The predicted octanol–water partition coefficient (Wildman–Crippen LogP) is 6.50. The lowest BCUT2D eigenvalue weighted by atomic mass is 9.45. The predicted molar refractivity (Wildman–Crippen MR) is 109 cm³/mol. The van der Waals surface area contributed by atoms with Gasteiger partial charge in [-0.25, -0.2) is 0 Å². The number of hydrogen-bond donors (Lipinski definition) is 0. The summed E-state index contributed by atoms with van der Waals surface area (Å²) in [6.45, 7) is 9.82. The van der Waals surface area contributed by atoms with Crippen molar-refractivity contribution in [1.29, 1.82) is 0 Å². The molecule has 152 valence electrons. The Balaban J connectivity index is 1.46. The van der Waals surface area contributed by atoms with E-state index in [0.29, 0.717) is 16.9 Å². The molecule has 2 heteroatoms. The molecule has 0 aromatic heterocycles. The van der Waals surface area contributed by atoms with E-state index in [0.717, 1.165) is 42.9 Å². The topological polar surface area (TPSA) is 18.5 Å². The highest BCUT2D eigenvalue weighted by molar-refractivity contribution is 5.20. The molecule has 3 saturated carbocycles. The zero-order chi connectivity index (χ0) is 18.9. The monoisotopic (exact) mass is 372 g/mol. The Bertz CT molecular complexity index is 613. The summed E-state index contributed by atoms with van der Waals surface area (Å²) in [5.74, 6) is 3.53. The van der Waals surface area contributed by atoms with Gasteiger partial charge in [-0.05, 0) is 86.9 Å². The summed E-state index contributed by atoms with van der Waals surface area (Å²) in [4.78, 5) is 0. The fourth-order valence-electron chi connectivity index (χ4n) is 8.81. The summed E-state index contributed by atoms with van der Waals surface area (Å²) < 4.78 is 13.4. The van der Waals surface area contributed by atoms with E-state index in [4.69, 9.17) is 9.47 Å². The number of rotatable bonds is 3. The first-order valence-corrected chi connectivity index (χ1v) is 12.0. The molecular weight excluding hydrogens is 332 g/mol. The van der Waals surface area contributed by atoms with Crippen LogP contribution in [0.1, 0.15) is 91.9 Å². The maximum absolute atomic E-state index is 6.81. The second kappa shape index (κ2) is 6.33. The van der Waals surface area contributed by atoms with Crippen molar-refractivity contribution in [2.45, 2.75) is 110 Å². The summed E-state index contributed by atoms with van der Waals surface area (Å²) in [6.07, 6.45) is 18.2. The fourth-order valence-corrected chi connectivity index (χ4v) is 8.81. The van der Waals surface area contributed by atoms with Crippen LogP contribution in [0.3, 0.4) is 0 Å². The van der Waals surface area contributed by atoms with Gasteiger partial charge in [-0.15, -0.1) is 0 Å². The van der Waals surface area contributed by atoms with Crippen LogP contribution in [0.5, 0.6) is 0 Å². The zero-order valence-electron chi connectivity index (χ0n) is 18.0. The number of allylic oxidation sites excluding steroid dienone is 2. The van der Waals surface area contributed by atoms with E-state index in [-0.39, 0.29) is 11.9 Å². The van der Waals surface area contributed by atoms with Crippen LogP contribution < -0.4 is 0 Å². The average Bonchev–Trinajstić information content (AvgIpc) is 3.13. The van der Waals surface area contributed by atoms with Crippen LogP contribution in [-0.2, 0) is 9.47 Å². The molecule has 4 aliphatic carbocycles. The van der Waals surface area contributed by atoms with Crippen molar-refractivity contribution in [3.8, 4) is 0 Å². The normalized spacial score (nSPS) is 56.3. The molecule has 0 N–H and O–H groups in total. The van der Waals surface area contributed by atoms with Gasteiger partial charge >= 0.3 is 0 Å². The lowest BCUT2D eigenvalue weighted by molar-refractivity contribution is -0.185. The second-order valence-electron chi connectivity index (χ2n) is 11.0. The molecule has 1 heterocycles. The molecule has 0 amide bonds. The molecule has 5 aliphatic rings. The highest BCUT2D eigenvalue weighted by Gasteiger charge is 2.71. The fraction of sp³-hybridized carbons (Fsp3) is 0.920. The van der Waals surface area contributed by atoms with E-state index < -0.39 is 0 Å². The first kappa shape index (κ1) is 18.7. The van der Waals surface area contributed by atoms with Gasteiger partial charge < -0.3 is 9.47 Å². The van der Waals surface area contributed by atoms with E-state index in [2.05, 4.69) is 39.8 Å². The summed E-state index contributed by atoms with van der Waals surface area (Å²) in [7, 11) is 0. The smallest absolute Gasteiger partial charge is 0.159 e. The Hall–Kier alpha value is -0.340. The summed E-state index contributed by atoms with van der Waals surface area (Å²) in [5, 5.41) is 0. The van der Waals surface area contributed by atoms with Gasteiger partial charge in [0.15, 0.2) is 6.29 Å². The zero-order valence-corrected chi connectivity index (χ0v) is 18.0. The van der Waals surface area contributed by atoms with Gasteiger partial charge in [0.25, 0.3) is 0 Å². The molecule has 4 fully saturated rings. The number of hydrogen-bond acceptors (Lipinski definition) is 2. The third-order valence-electron chi connectivity index (χ3n) is 10.3. The van der Waals surface area contributed by atoms with Crippen molar-refractivity contribution in [1.82, 2.24) is 0 Å². The van der Waals surface area contributed by atoms with E-state index >= 15 is 0 Å². The third kappa shape index (κ3) is 2.32. The molecule has 0 aromatic rings. The summed E-state index contributed by atoms with van der Waals surface area (Å²) in [6, 6.07) is 0. The first-order valence-electron chi connectivity index (χ1n) is 12.0. The van der Waals surface area contributed by atoms with Crippen molar-refractivity contribution in [2.75, 3.05) is 0 Å². The second-order valence-corrected chi connectivity index (χ2v) is 11.0.